The van der Waals surface area contributed by atoms with E-state index in [-0.39, 0.29) is 24.8 Å². The average Bonchev–Trinajstić information content (AvgIpc) is 3.60. The summed E-state index contributed by atoms with van der Waals surface area (Å²) in [6, 6.07) is 33.4. The molecule has 1 aliphatic heterocycles. The third-order valence-corrected chi connectivity index (χ3v) is 11.8. The summed E-state index contributed by atoms with van der Waals surface area (Å²) in [5, 5.41) is 8.51. The molecule has 60 heavy (non-hydrogen) atoms. The van der Waals surface area contributed by atoms with Crippen molar-refractivity contribution in [2.24, 2.45) is 0 Å². The Morgan fingerprint density at radius 2 is 1.53 bits per heavy atom. The van der Waals surface area contributed by atoms with Crippen LogP contribution in [0.5, 0.6) is 0 Å². The molecule has 0 radical (unpaired) electrons. The van der Waals surface area contributed by atoms with Crippen LogP contribution in [0.3, 0.4) is 0 Å². The third kappa shape index (κ3) is 11.3. The van der Waals surface area contributed by atoms with Crippen molar-refractivity contribution in [2.75, 3.05) is 23.8 Å². The summed E-state index contributed by atoms with van der Waals surface area (Å²) in [5.74, 6) is -1.80. The van der Waals surface area contributed by atoms with E-state index in [0.717, 1.165) is 21.6 Å². The van der Waals surface area contributed by atoms with Crippen LogP contribution in [0.25, 0.3) is 17.2 Å². The summed E-state index contributed by atoms with van der Waals surface area (Å²) in [4.78, 5) is 70.2. The highest BCUT2D eigenvalue weighted by Gasteiger charge is 2.33. The number of rotatable bonds is 13. The normalized spacial score (nSPS) is 13.1. The highest BCUT2D eigenvalue weighted by Crippen LogP contribution is 2.39. The van der Waals surface area contributed by atoms with Gasteiger partial charge in [0.05, 0.1) is 24.0 Å². The number of carbonyl (C=O) groups excluding carboxylic acids is 5. The predicted octanol–water partition coefficient (Wildman–Crippen LogP) is 9.80. The van der Waals surface area contributed by atoms with E-state index in [2.05, 4.69) is 16.0 Å². The zero-order chi connectivity index (χ0) is 42.8. The van der Waals surface area contributed by atoms with Crippen molar-refractivity contribution in [3.8, 4) is 11.1 Å². The van der Waals surface area contributed by atoms with Gasteiger partial charge in [0, 0.05) is 27.6 Å². The molecule has 0 fully saturated rings. The van der Waals surface area contributed by atoms with Gasteiger partial charge in [0.2, 0.25) is 5.91 Å². The summed E-state index contributed by atoms with van der Waals surface area (Å²) in [5.41, 5.74) is 4.12. The van der Waals surface area contributed by atoms with E-state index in [1.165, 1.54) is 23.1 Å². The number of hydrogen-bond donors (Lipinski definition) is 3. The molecule has 13 heteroatoms. The lowest BCUT2D eigenvalue weighted by molar-refractivity contribution is -0.116. The average molecular weight is 845 g/mol. The van der Waals surface area contributed by atoms with Crippen molar-refractivity contribution in [3.63, 3.8) is 0 Å². The molecule has 1 aromatic heterocycles. The number of benzene rings is 4. The van der Waals surface area contributed by atoms with Gasteiger partial charge in [-0.25, -0.2) is 9.59 Å². The number of esters is 1. The Morgan fingerprint density at radius 3 is 2.20 bits per heavy atom. The molecule has 0 saturated carbocycles. The second kappa shape index (κ2) is 19.7. The highest BCUT2D eigenvalue weighted by molar-refractivity contribution is 8.00. The molecule has 5 aromatic rings. The van der Waals surface area contributed by atoms with Gasteiger partial charge in [-0.05, 0) is 99.2 Å². The summed E-state index contributed by atoms with van der Waals surface area (Å²) in [6.07, 6.45) is 2.06. The van der Waals surface area contributed by atoms with Gasteiger partial charge in [-0.2, -0.15) is 0 Å². The Kier molecular flexibility index (Phi) is 14.3. The number of thioether (sulfide) groups is 1. The molecule has 2 heterocycles. The van der Waals surface area contributed by atoms with E-state index in [0.29, 0.717) is 51.7 Å². The van der Waals surface area contributed by atoms with E-state index in [1.807, 2.05) is 94.4 Å². The maximum Gasteiger partial charge on any atom is 0.410 e. The number of hydrogen-bond acceptors (Lipinski definition) is 9. The lowest BCUT2D eigenvalue weighted by Gasteiger charge is -2.30. The fraction of sp³-hybridized carbons (Fsp3) is 0.255. The lowest BCUT2D eigenvalue weighted by Crippen LogP contribution is -2.39. The Hall–Kier alpha value is -6.18. The molecular formula is C47H48N4O7S2. The summed E-state index contributed by atoms with van der Waals surface area (Å²) in [7, 11) is 0. The molecule has 4 amide bonds. The van der Waals surface area contributed by atoms with Gasteiger partial charge in [0.15, 0.2) is 0 Å². The van der Waals surface area contributed by atoms with Crippen molar-refractivity contribution in [2.45, 2.75) is 69.8 Å². The minimum absolute atomic E-state index is 0.0467. The number of nitrogens with zero attached hydrogens (tertiary/aromatic N) is 1. The Bertz CT molecular complexity index is 2370. The van der Waals surface area contributed by atoms with Crippen LogP contribution in [-0.4, -0.2) is 58.7 Å². The maximum atomic E-state index is 13.9. The van der Waals surface area contributed by atoms with Crippen LogP contribution < -0.4 is 16.0 Å². The maximum absolute atomic E-state index is 13.9. The first kappa shape index (κ1) is 43.4. The molecule has 1 unspecified atom stereocenters. The minimum atomic E-state index is -0.656. The van der Waals surface area contributed by atoms with Crippen LogP contribution >= 0.6 is 23.1 Å². The predicted molar refractivity (Wildman–Crippen MR) is 238 cm³/mol. The number of ether oxygens (including phenoxy) is 2. The smallest absolute Gasteiger partial charge is 0.410 e. The zero-order valence-corrected chi connectivity index (χ0v) is 35.8. The summed E-state index contributed by atoms with van der Waals surface area (Å²) < 4.78 is 11.0. The molecular weight excluding hydrogens is 797 g/mol. The first-order valence-electron chi connectivity index (χ1n) is 19.7. The molecule has 0 spiro atoms. The first-order chi connectivity index (χ1) is 28.8. The third-order valence-electron chi connectivity index (χ3n) is 9.32. The Balaban J connectivity index is 1.18. The SMILES string of the molecule is CCOC(=O)c1c(NC(=O)C(CC)Sc2cccc(NC(=O)/C(=C\c3ccc(-c4ccccc4)cc3)NC(=O)c3ccccc3)c2)sc2c1CCN(C(=O)OC(C)(C)C)C2. The molecule has 4 aromatic carbocycles. The quantitative estimate of drug-likeness (QED) is 0.0604. The van der Waals surface area contributed by atoms with E-state index < -0.39 is 34.7 Å². The van der Waals surface area contributed by atoms with Crippen molar-refractivity contribution in [3.05, 3.63) is 142 Å². The number of anilines is 2. The second-order valence-electron chi connectivity index (χ2n) is 14.9. The topological polar surface area (TPSA) is 143 Å². The molecule has 3 N–H and O–H groups in total. The van der Waals surface area contributed by atoms with Crippen molar-refractivity contribution >= 4 is 69.6 Å². The zero-order valence-electron chi connectivity index (χ0n) is 34.2. The van der Waals surface area contributed by atoms with Crippen LogP contribution in [0.2, 0.25) is 0 Å². The molecule has 6 rings (SSSR count). The fourth-order valence-corrected chi connectivity index (χ4v) is 8.70. The molecule has 1 atom stereocenters. The monoisotopic (exact) mass is 844 g/mol. The standard InChI is InChI=1S/C47H48N4O7S2/c1-6-38(43(54)50-44-40(45(55)57-7-2)36-25-26-51(29-39(36)60-44)46(56)58-47(3,4)5)59-35-20-14-19-34(28-35)48-42(53)37(49-41(52)33-17-12-9-13-18-33)27-30-21-23-32(24-22-30)31-15-10-8-11-16-31/h8-24,27-28,38H,6-7,25-26,29H2,1-5H3,(H,48,53)(H,49,52)(H,50,54)/b37-27+. The van der Waals surface area contributed by atoms with Crippen molar-refractivity contribution in [1.29, 1.82) is 0 Å². The number of thiophene rings is 1. The first-order valence-corrected chi connectivity index (χ1v) is 21.4. The van der Waals surface area contributed by atoms with Crippen LogP contribution in [0.1, 0.15) is 77.8 Å². The fourth-order valence-electron chi connectivity index (χ4n) is 6.43. The van der Waals surface area contributed by atoms with Crippen molar-refractivity contribution < 1.29 is 33.4 Å². The van der Waals surface area contributed by atoms with Crippen molar-refractivity contribution in [1.82, 2.24) is 10.2 Å². The molecule has 1 aliphatic rings. The van der Waals surface area contributed by atoms with Gasteiger partial charge in [0.25, 0.3) is 11.8 Å². The molecule has 0 bridgehead atoms. The van der Waals surface area contributed by atoms with Gasteiger partial charge in [0.1, 0.15) is 16.3 Å². The molecule has 310 valence electrons. The number of nitrogens with one attached hydrogen (secondary N) is 3. The number of fused-ring (bicyclic) bond motifs is 1. The van der Waals surface area contributed by atoms with E-state index in [4.69, 9.17) is 9.47 Å². The van der Waals surface area contributed by atoms with Gasteiger partial charge < -0.3 is 30.3 Å². The molecule has 0 saturated heterocycles. The van der Waals surface area contributed by atoms with Gasteiger partial charge in [-0.15, -0.1) is 23.1 Å². The van der Waals surface area contributed by atoms with Crippen LogP contribution in [-0.2, 0) is 32.0 Å². The number of carbonyl (C=O) groups is 5. The molecule has 11 nitrogen and oxygen atoms in total. The number of amides is 4. The van der Waals surface area contributed by atoms with Gasteiger partial charge in [-0.3, -0.25) is 14.4 Å². The Morgan fingerprint density at radius 1 is 0.850 bits per heavy atom. The van der Waals surface area contributed by atoms with Gasteiger partial charge >= 0.3 is 12.1 Å². The van der Waals surface area contributed by atoms with Crippen LogP contribution in [0.15, 0.2) is 120 Å². The largest absolute Gasteiger partial charge is 0.462 e. The van der Waals surface area contributed by atoms with E-state index in [9.17, 15) is 24.0 Å². The Labute approximate surface area is 358 Å². The second-order valence-corrected chi connectivity index (χ2v) is 17.3. The summed E-state index contributed by atoms with van der Waals surface area (Å²) in [6.45, 7) is 9.81. The highest BCUT2D eigenvalue weighted by atomic mass is 32.2. The summed E-state index contributed by atoms with van der Waals surface area (Å²) >= 11 is 2.57. The van der Waals surface area contributed by atoms with E-state index in [1.54, 1.807) is 60.4 Å². The lowest BCUT2D eigenvalue weighted by atomic mass is 10.0. The van der Waals surface area contributed by atoms with Crippen LogP contribution in [0, 0.1) is 0 Å². The van der Waals surface area contributed by atoms with E-state index >= 15 is 0 Å². The van der Waals surface area contributed by atoms with Crippen LogP contribution in [0.4, 0.5) is 15.5 Å². The van der Waals surface area contributed by atoms with Gasteiger partial charge in [-0.1, -0.05) is 85.8 Å². The molecule has 0 aliphatic carbocycles. The minimum Gasteiger partial charge on any atom is -0.462 e.